The maximum Gasteiger partial charge on any atom is 0.373 e. The first kappa shape index (κ1) is 18.3. The smallest absolute Gasteiger partial charge is 0.373 e. The number of hydrogen-bond acceptors (Lipinski definition) is 7. The highest BCUT2D eigenvalue weighted by Crippen LogP contribution is 2.35. The van der Waals surface area contributed by atoms with Gasteiger partial charge in [-0.25, -0.2) is 4.79 Å². The first-order valence-corrected chi connectivity index (χ1v) is 8.91. The largest absolute Gasteiger partial charge is 0.507 e. The number of benzene rings is 1. The Hall–Kier alpha value is -2.52. The summed E-state index contributed by atoms with van der Waals surface area (Å²) in [5.74, 6) is -0.886. The summed E-state index contributed by atoms with van der Waals surface area (Å²) in [6, 6.07) is 7.69. The number of furan rings is 1. The van der Waals surface area contributed by atoms with Crippen LogP contribution in [0.3, 0.4) is 0 Å². The number of nitrogens with zero attached hydrogens (tertiary/aromatic N) is 1. The van der Waals surface area contributed by atoms with Crippen LogP contribution in [0.4, 0.5) is 4.79 Å². The number of halogens is 1. The van der Waals surface area contributed by atoms with E-state index in [0.29, 0.717) is 5.56 Å². The summed E-state index contributed by atoms with van der Waals surface area (Å²) >= 11 is 4.06. The normalized spacial score (nSPS) is 15.8. The Morgan fingerprint density at radius 2 is 2.12 bits per heavy atom. The number of hydrogen-bond donors (Lipinski definition) is 1. The average molecular weight is 438 g/mol. The number of thioether (sulfide) groups is 1. The van der Waals surface area contributed by atoms with E-state index in [1.54, 1.807) is 12.1 Å². The number of phenolic OH excluding ortho intramolecular Hbond substituents is 1. The zero-order valence-corrected chi connectivity index (χ0v) is 15.8. The molecule has 1 aliphatic rings. The summed E-state index contributed by atoms with van der Waals surface area (Å²) in [6.07, 6.45) is 1.45. The van der Waals surface area contributed by atoms with Crippen molar-refractivity contribution in [3.8, 4) is 5.75 Å². The summed E-state index contributed by atoms with van der Waals surface area (Å²) in [5, 5.41) is 9.42. The van der Waals surface area contributed by atoms with Gasteiger partial charge in [0.1, 0.15) is 11.5 Å². The van der Waals surface area contributed by atoms with E-state index < -0.39 is 17.1 Å². The van der Waals surface area contributed by atoms with Crippen LogP contribution >= 0.6 is 27.7 Å². The van der Waals surface area contributed by atoms with Gasteiger partial charge in [0.25, 0.3) is 11.1 Å². The van der Waals surface area contributed by atoms with Crippen molar-refractivity contribution in [2.45, 2.75) is 6.54 Å². The number of aromatic hydroxyl groups is 1. The predicted octanol–water partition coefficient (Wildman–Crippen LogP) is 3.77. The number of rotatable bonds is 4. The molecule has 0 spiro atoms. The van der Waals surface area contributed by atoms with Crippen LogP contribution in [0.5, 0.6) is 5.75 Å². The molecule has 134 valence electrons. The van der Waals surface area contributed by atoms with E-state index in [1.165, 1.54) is 31.4 Å². The molecule has 1 saturated heterocycles. The van der Waals surface area contributed by atoms with E-state index in [9.17, 15) is 19.5 Å². The molecule has 1 aromatic carbocycles. The van der Waals surface area contributed by atoms with Crippen LogP contribution in [0.1, 0.15) is 21.9 Å². The third kappa shape index (κ3) is 3.68. The maximum atomic E-state index is 12.5. The van der Waals surface area contributed by atoms with Crippen LogP contribution in [0, 0.1) is 0 Å². The van der Waals surface area contributed by atoms with Crippen LogP contribution in [0.15, 0.2) is 44.1 Å². The number of methoxy groups -OCH3 is 1. The van der Waals surface area contributed by atoms with Gasteiger partial charge in [-0.05, 0) is 48.2 Å². The van der Waals surface area contributed by atoms with Gasteiger partial charge in [-0.2, -0.15) is 0 Å². The summed E-state index contributed by atoms with van der Waals surface area (Å²) in [7, 11) is 1.23. The number of imide groups is 1. The lowest BCUT2D eigenvalue weighted by Gasteiger charge is -2.10. The SMILES string of the molecule is COC(=O)c1ccc(CN2C(=O)SC(=Cc3cc(Br)ccc3O)C2=O)o1. The summed E-state index contributed by atoms with van der Waals surface area (Å²) < 4.78 is 10.6. The van der Waals surface area contributed by atoms with Crippen molar-refractivity contribution < 1.29 is 28.6 Å². The van der Waals surface area contributed by atoms with Gasteiger partial charge in [0.05, 0.1) is 18.6 Å². The minimum atomic E-state index is -0.643. The van der Waals surface area contributed by atoms with Gasteiger partial charge in [-0.1, -0.05) is 15.9 Å². The predicted molar refractivity (Wildman–Crippen MR) is 97.4 cm³/mol. The number of ether oxygens (including phenoxy) is 1. The molecule has 0 aliphatic carbocycles. The topological polar surface area (TPSA) is 97.0 Å². The van der Waals surface area contributed by atoms with Crippen molar-refractivity contribution >= 4 is 50.9 Å². The van der Waals surface area contributed by atoms with Crippen LogP contribution < -0.4 is 0 Å². The molecule has 2 heterocycles. The number of carbonyl (C=O) groups is 3. The monoisotopic (exact) mass is 437 g/mol. The molecule has 0 bridgehead atoms. The van der Waals surface area contributed by atoms with Gasteiger partial charge in [0.15, 0.2) is 0 Å². The van der Waals surface area contributed by atoms with Crippen LogP contribution in [0.25, 0.3) is 6.08 Å². The van der Waals surface area contributed by atoms with Crippen molar-refractivity contribution in [1.82, 2.24) is 4.90 Å². The zero-order valence-electron chi connectivity index (χ0n) is 13.4. The Kier molecular flexibility index (Phi) is 5.19. The lowest BCUT2D eigenvalue weighted by atomic mass is 10.2. The third-order valence-electron chi connectivity index (χ3n) is 3.51. The molecule has 2 amide bonds. The van der Waals surface area contributed by atoms with Crippen molar-refractivity contribution in [2.75, 3.05) is 7.11 Å². The molecule has 1 fully saturated rings. The molecule has 0 unspecified atom stereocenters. The summed E-state index contributed by atoms with van der Waals surface area (Å²) in [5.41, 5.74) is 0.413. The molecule has 0 radical (unpaired) electrons. The maximum absolute atomic E-state index is 12.5. The molecule has 26 heavy (non-hydrogen) atoms. The van der Waals surface area contributed by atoms with Crippen molar-refractivity contribution in [1.29, 1.82) is 0 Å². The molecule has 0 saturated carbocycles. The van der Waals surface area contributed by atoms with E-state index in [2.05, 4.69) is 20.7 Å². The van der Waals surface area contributed by atoms with E-state index in [0.717, 1.165) is 21.1 Å². The van der Waals surface area contributed by atoms with Crippen molar-refractivity contribution in [3.63, 3.8) is 0 Å². The molecule has 9 heteroatoms. The number of esters is 1. The number of phenols is 1. The van der Waals surface area contributed by atoms with E-state index in [1.807, 2.05) is 0 Å². The summed E-state index contributed by atoms with van der Waals surface area (Å²) in [6.45, 7) is -0.108. The van der Waals surface area contributed by atoms with Crippen molar-refractivity contribution in [2.24, 2.45) is 0 Å². The summed E-state index contributed by atoms with van der Waals surface area (Å²) in [4.78, 5) is 37.3. The highest BCUT2D eigenvalue weighted by atomic mass is 79.9. The zero-order chi connectivity index (χ0) is 18.8. The number of amides is 2. The molecule has 1 aliphatic heterocycles. The van der Waals surface area contributed by atoms with Gasteiger partial charge in [-0.15, -0.1) is 0 Å². The standard InChI is InChI=1S/C17H12BrNO6S/c1-24-16(22)13-5-3-11(25-13)8-19-15(21)14(26-17(19)23)7-9-6-10(18)2-4-12(9)20/h2-7,20H,8H2,1H3. The molecule has 3 rings (SSSR count). The molecule has 1 aromatic heterocycles. The van der Waals surface area contributed by atoms with Gasteiger partial charge < -0.3 is 14.3 Å². The van der Waals surface area contributed by atoms with E-state index in [-0.39, 0.29) is 28.7 Å². The average Bonchev–Trinajstić information content (AvgIpc) is 3.18. The second-order valence-corrected chi connectivity index (χ2v) is 7.14. The quantitative estimate of drug-likeness (QED) is 0.573. The highest BCUT2D eigenvalue weighted by molar-refractivity contribution is 9.10. The van der Waals surface area contributed by atoms with Crippen LogP contribution in [0.2, 0.25) is 0 Å². The molecular weight excluding hydrogens is 426 g/mol. The van der Waals surface area contributed by atoms with Gasteiger partial charge >= 0.3 is 5.97 Å². The Morgan fingerprint density at radius 1 is 1.35 bits per heavy atom. The molecule has 2 aromatic rings. The Morgan fingerprint density at radius 3 is 2.85 bits per heavy atom. The third-order valence-corrected chi connectivity index (χ3v) is 4.91. The van der Waals surface area contributed by atoms with E-state index in [4.69, 9.17) is 4.42 Å². The fourth-order valence-electron chi connectivity index (χ4n) is 2.25. The molecule has 0 atom stereocenters. The Labute approximate surface area is 160 Å². The minimum Gasteiger partial charge on any atom is -0.507 e. The highest BCUT2D eigenvalue weighted by Gasteiger charge is 2.36. The molecular formula is C17H12BrNO6S. The second-order valence-electron chi connectivity index (χ2n) is 5.23. The Bertz CT molecular complexity index is 935. The fraction of sp³-hybridized carbons (Fsp3) is 0.118. The van der Waals surface area contributed by atoms with Crippen LogP contribution in [-0.4, -0.2) is 34.2 Å². The van der Waals surface area contributed by atoms with Crippen LogP contribution in [-0.2, 0) is 16.1 Å². The van der Waals surface area contributed by atoms with Crippen molar-refractivity contribution in [3.05, 3.63) is 56.8 Å². The van der Waals surface area contributed by atoms with E-state index >= 15 is 0 Å². The van der Waals surface area contributed by atoms with Gasteiger partial charge in [0, 0.05) is 10.0 Å². The first-order valence-electron chi connectivity index (χ1n) is 7.30. The molecule has 1 N–H and O–H groups in total. The Balaban J connectivity index is 1.81. The second kappa shape index (κ2) is 7.38. The van der Waals surface area contributed by atoms with Gasteiger partial charge in [0.2, 0.25) is 5.76 Å². The lowest BCUT2D eigenvalue weighted by molar-refractivity contribution is -0.123. The number of carbonyl (C=O) groups excluding carboxylic acids is 3. The fourth-order valence-corrected chi connectivity index (χ4v) is 3.46. The minimum absolute atomic E-state index is 0.00578. The first-order chi connectivity index (χ1) is 12.4. The lowest BCUT2D eigenvalue weighted by Crippen LogP contribution is -2.27. The van der Waals surface area contributed by atoms with Gasteiger partial charge in [-0.3, -0.25) is 14.5 Å². The molecule has 7 nitrogen and oxygen atoms in total.